The number of phenols is 1. The number of fused-ring (bicyclic) bond motifs is 5. The Morgan fingerprint density at radius 2 is 1.76 bits per heavy atom. The quantitative estimate of drug-likeness (QED) is 0.218. The van der Waals surface area contributed by atoms with E-state index >= 15 is 4.39 Å². The van der Waals surface area contributed by atoms with E-state index in [-0.39, 0.29) is 52.8 Å². The Morgan fingerprint density at radius 3 is 2.50 bits per heavy atom. The number of anilines is 1. The summed E-state index contributed by atoms with van der Waals surface area (Å²) in [5.41, 5.74) is 1.91. The molecule has 2 bridgehead atoms. The van der Waals surface area contributed by atoms with Crippen molar-refractivity contribution in [2.24, 2.45) is 0 Å². The molecule has 5 aromatic rings. The van der Waals surface area contributed by atoms with E-state index in [1.165, 1.54) is 0 Å². The van der Waals surface area contributed by atoms with Crippen molar-refractivity contribution >= 4 is 33.4 Å². The highest BCUT2D eigenvalue weighted by Gasteiger charge is 2.46. The van der Waals surface area contributed by atoms with Crippen LogP contribution in [0.4, 0.5) is 10.2 Å². The van der Waals surface area contributed by atoms with Crippen LogP contribution in [0.1, 0.15) is 49.8 Å². The molecule has 4 fully saturated rings. The van der Waals surface area contributed by atoms with Crippen molar-refractivity contribution in [2.75, 3.05) is 37.7 Å². The smallest absolute Gasteiger partial charge is 0.319 e. The third kappa shape index (κ3) is 5.02. The molecule has 0 spiro atoms. The van der Waals surface area contributed by atoms with Crippen LogP contribution in [-0.4, -0.2) is 91.4 Å². The maximum atomic E-state index is 16.9. The highest BCUT2D eigenvalue weighted by Crippen LogP contribution is 2.42. The molecule has 9 rings (SSSR count). The van der Waals surface area contributed by atoms with Crippen molar-refractivity contribution in [1.82, 2.24) is 30.0 Å². The Hall–Kier alpha value is -4.97. The normalized spacial score (nSPS) is 21.4. The van der Waals surface area contributed by atoms with Gasteiger partial charge in [0.15, 0.2) is 5.82 Å². The van der Waals surface area contributed by atoms with Gasteiger partial charge in [0.25, 0.3) is 5.56 Å². The number of H-pyrrole nitrogens is 2. The highest BCUT2D eigenvalue weighted by atomic mass is 19.1. The molecule has 0 saturated carbocycles. The molecule has 0 radical (unpaired) electrons. The number of amides is 1. The molecule has 4 aliphatic rings. The lowest BCUT2D eigenvalue weighted by Gasteiger charge is -2.42. The molecule has 12 heteroatoms. The third-order valence-corrected chi connectivity index (χ3v) is 11.7. The van der Waals surface area contributed by atoms with Crippen LogP contribution in [0.25, 0.3) is 32.8 Å². The van der Waals surface area contributed by atoms with Gasteiger partial charge in [-0.2, -0.15) is 9.97 Å². The number of aromatic nitrogens is 4. The first-order valence-electron chi connectivity index (χ1n) is 17.7. The summed E-state index contributed by atoms with van der Waals surface area (Å²) >= 11 is 0. The Balaban J connectivity index is 1.10. The van der Waals surface area contributed by atoms with E-state index in [0.717, 1.165) is 62.4 Å². The number of ether oxygens (including phenoxy) is 1. The standard InChI is InChI=1S/C38H40FN7O4/c1-22-30(36(49)43-42-22)18-32(48)46-24-8-9-25(46)20-44(19-24)35-29-11-10-28(31-17-26(47)16-23-6-2-3-7-27(23)31)33(39)34(29)40-37(41-35)50-21-38-12-4-14-45(38)15-5-13-38/h2-3,6-7,10-11,16-17,24-25,47H,4-5,8-9,12-15,18-21H2,1H3,(H2,42,43,49). The number of phenolic OH excluding ortho intramolecular Hbond substituents is 1. The Bertz CT molecular complexity index is 2190. The van der Waals surface area contributed by atoms with Gasteiger partial charge in [-0.25, -0.2) is 4.39 Å². The summed E-state index contributed by atoms with van der Waals surface area (Å²) in [5, 5.41) is 18.2. The lowest BCUT2D eigenvalue weighted by Crippen LogP contribution is -2.56. The lowest BCUT2D eigenvalue weighted by atomic mass is 9.95. The molecule has 6 heterocycles. The number of carbonyl (C=O) groups excluding carboxylic acids is 1. The van der Waals surface area contributed by atoms with Crippen LogP contribution in [0.2, 0.25) is 0 Å². The van der Waals surface area contributed by atoms with Crippen LogP contribution in [0.5, 0.6) is 11.8 Å². The van der Waals surface area contributed by atoms with E-state index in [0.29, 0.717) is 53.3 Å². The zero-order valence-electron chi connectivity index (χ0n) is 28.0. The number of rotatable bonds is 7. The molecule has 3 N–H and O–H groups in total. The predicted molar refractivity (Wildman–Crippen MR) is 188 cm³/mol. The van der Waals surface area contributed by atoms with Crippen LogP contribution in [0.15, 0.2) is 53.3 Å². The number of hydrogen-bond acceptors (Lipinski definition) is 8. The molecule has 4 saturated heterocycles. The van der Waals surface area contributed by atoms with E-state index in [4.69, 9.17) is 14.7 Å². The minimum absolute atomic E-state index is 0.0377. The first kappa shape index (κ1) is 31.0. The van der Waals surface area contributed by atoms with Gasteiger partial charge in [0.05, 0.1) is 12.0 Å². The van der Waals surface area contributed by atoms with Gasteiger partial charge in [-0.1, -0.05) is 30.3 Å². The summed E-state index contributed by atoms with van der Waals surface area (Å²) in [5.74, 6) is 0.0806. The number of aromatic amines is 2. The van der Waals surface area contributed by atoms with Crippen LogP contribution >= 0.6 is 0 Å². The van der Waals surface area contributed by atoms with Gasteiger partial charge in [-0.15, -0.1) is 0 Å². The van der Waals surface area contributed by atoms with Gasteiger partial charge in [-0.05, 0) is 93.1 Å². The van der Waals surface area contributed by atoms with Gasteiger partial charge >= 0.3 is 6.01 Å². The number of piperazine rings is 1. The minimum atomic E-state index is -0.503. The van der Waals surface area contributed by atoms with Crippen molar-refractivity contribution in [3.05, 3.63) is 76.0 Å². The zero-order chi connectivity index (χ0) is 34.1. The van der Waals surface area contributed by atoms with Crippen molar-refractivity contribution in [3.63, 3.8) is 0 Å². The number of hydrogen-bond donors (Lipinski definition) is 3. The summed E-state index contributed by atoms with van der Waals surface area (Å²) in [7, 11) is 0. The molecule has 2 aromatic heterocycles. The van der Waals surface area contributed by atoms with Gasteiger partial charge in [-0.3, -0.25) is 19.6 Å². The van der Waals surface area contributed by atoms with E-state index in [1.807, 2.05) is 35.2 Å². The van der Waals surface area contributed by atoms with Crippen LogP contribution in [0, 0.1) is 12.7 Å². The number of halogens is 1. The molecule has 0 aliphatic carbocycles. The second-order valence-electron chi connectivity index (χ2n) is 14.5. The first-order valence-corrected chi connectivity index (χ1v) is 17.7. The first-order chi connectivity index (χ1) is 24.3. The maximum absolute atomic E-state index is 16.9. The Kier molecular flexibility index (Phi) is 7.34. The average molecular weight is 678 g/mol. The van der Waals surface area contributed by atoms with Crippen LogP contribution in [-0.2, 0) is 11.2 Å². The minimum Gasteiger partial charge on any atom is -0.508 e. The summed E-state index contributed by atoms with van der Waals surface area (Å²) < 4.78 is 23.4. The number of aromatic hydroxyl groups is 1. The number of nitrogens with zero attached hydrogens (tertiary/aromatic N) is 5. The molecule has 11 nitrogen and oxygen atoms in total. The SMILES string of the molecule is Cc1[nH][nH]c(=O)c1CC(=O)N1C2CCC1CN(c1nc(OCC34CCCN3CCC4)nc3c(F)c(-c4cc(O)cc5ccccc45)ccc13)C2. The molecule has 4 aliphatic heterocycles. The van der Waals surface area contributed by atoms with E-state index in [1.54, 1.807) is 25.1 Å². The molecule has 258 valence electrons. The third-order valence-electron chi connectivity index (χ3n) is 11.7. The van der Waals surface area contributed by atoms with E-state index in [2.05, 4.69) is 20.0 Å². The van der Waals surface area contributed by atoms with Gasteiger partial charge in [0, 0.05) is 47.4 Å². The summed E-state index contributed by atoms with van der Waals surface area (Å²) in [6.07, 6.45) is 6.10. The monoisotopic (exact) mass is 677 g/mol. The van der Waals surface area contributed by atoms with E-state index in [9.17, 15) is 14.7 Å². The van der Waals surface area contributed by atoms with E-state index < -0.39 is 5.82 Å². The van der Waals surface area contributed by atoms with Gasteiger partial charge in [0.1, 0.15) is 23.7 Å². The topological polar surface area (TPSA) is 131 Å². The molecule has 50 heavy (non-hydrogen) atoms. The summed E-state index contributed by atoms with van der Waals surface area (Å²) in [6, 6.07) is 14.5. The second kappa shape index (κ2) is 11.8. The second-order valence-corrected chi connectivity index (χ2v) is 14.5. The Labute approximate surface area is 288 Å². The number of carbonyl (C=O) groups is 1. The lowest BCUT2D eigenvalue weighted by molar-refractivity contribution is -0.133. The van der Waals surface area contributed by atoms with Gasteiger partial charge < -0.3 is 24.7 Å². The maximum Gasteiger partial charge on any atom is 0.319 e. The molecule has 3 aromatic carbocycles. The number of aryl methyl sites for hydroxylation is 1. The molecular formula is C38H40FN7O4. The predicted octanol–water partition coefficient (Wildman–Crippen LogP) is 5.05. The van der Waals surface area contributed by atoms with Crippen LogP contribution < -0.4 is 15.2 Å². The fourth-order valence-electron chi connectivity index (χ4n) is 9.23. The van der Waals surface area contributed by atoms with Crippen molar-refractivity contribution in [1.29, 1.82) is 0 Å². The Morgan fingerprint density at radius 1 is 1.00 bits per heavy atom. The highest BCUT2D eigenvalue weighted by molar-refractivity contribution is 6.01. The molecule has 2 atom stereocenters. The van der Waals surface area contributed by atoms with Crippen molar-refractivity contribution < 1.29 is 19.0 Å². The summed E-state index contributed by atoms with van der Waals surface area (Å²) in [4.78, 5) is 42.2. The molecule has 1 amide bonds. The fraction of sp³-hybridized carbons (Fsp3) is 0.421. The fourth-order valence-corrected chi connectivity index (χ4v) is 9.23. The molecule has 2 unspecified atom stereocenters. The van der Waals surface area contributed by atoms with Crippen molar-refractivity contribution in [3.8, 4) is 22.9 Å². The largest absolute Gasteiger partial charge is 0.508 e. The number of nitrogens with one attached hydrogen (secondary N) is 2. The zero-order valence-corrected chi connectivity index (χ0v) is 28.0. The van der Waals surface area contributed by atoms with Crippen molar-refractivity contribution in [2.45, 2.75) is 69.5 Å². The number of benzene rings is 3. The average Bonchev–Trinajstić information content (AvgIpc) is 3.85. The van der Waals surface area contributed by atoms with Gasteiger partial charge in [0.2, 0.25) is 5.91 Å². The summed E-state index contributed by atoms with van der Waals surface area (Å²) in [6.45, 7) is 5.40. The molecular weight excluding hydrogens is 637 g/mol. The van der Waals surface area contributed by atoms with Crippen LogP contribution in [0.3, 0.4) is 0 Å².